The summed E-state index contributed by atoms with van der Waals surface area (Å²) in [6.45, 7) is 3.68. The molecule has 0 bridgehead atoms. The number of unbranched alkanes of at least 4 members (excludes halogenated alkanes) is 27. The zero-order valence-corrected chi connectivity index (χ0v) is 37.2. The fourth-order valence-corrected chi connectivity index (χ4v) is 6.99. The Morgan fingerprint density at radius 2 is 0.804 bits per heavy atom. The van der Waals surface area contributed by atoms with E-state index in [4.69, 9.17) is 19.3 Å². The van der Waals surface area contributed by atoms with Gasteiger partial charge < -0.3 is 19.3 Å². The van der Waals surface area contributed by atoms with Crippen LogP contribution in [0.3, 0.4) is 0 Å². The normalized spacial score (nSPS) is 12.7. The van der Waals surface area contributed by atoms with Gasteiger partial charge in [0.15, 0.2) is 6.10 Å². The fourth-order valence-electron chi connectivity index (χ4n) is 6.63. The van der Waals surface area contributed by atoms with Crippen LogP contribution in [0.15, 0.2) is 36.5 Å². The summed E-state index contributed by atoms with van der Waals surface area (Å²) in [6.07, 6.45) is 51.5. The molecule has 0 radical (unpaired) electrons. The molecule has 0 unspecified atom stereocenters. The highest BCUT2D eigenvalue weighted by Gasteiger charge is 2.23. The Balaban J connectivity index is 3.86. The van der Waals surface area contributed by atoms with Crippen LogP contribution in [0.2, 0.25) is 0 Å². The van der Waals surface area contributed by atoms with E-state index in [0.717, 1.165) is 51.4 Å². The second-order valence-electron chi connectivity index (χ2n) is 15.7. The largest absolute Gasteiger partial charge is 0.469 e. The average Bonchev–Trinajstić information content (AvgIpc) is 3.17. The summed E-state index contributed by atoms with van der Waals surface area (Å²) in [5, 5.41) is 0. The highest BCUT2D eigenvalue weighted by Crippen LogP contribution is 2.36. The van der Waals surface area contributed by atoms with E-state index < -0.39 is 32.5 Å². The van der Waals surface area contributed by atoms with Crippen LogP contribution in [0.5, 0.6) is 0 Å². The number of phosphoric acid groups is 1. The molecule has 0 aliphatic heterocycles. The van der Waals surface area contributed by atoms with Crippen molar-refractivity contribution >= 4 is 19.8 Å². The summed E-state index contributed by atoms with van der Waals surface area (Å²) in [5.74, 6) is -0.885. The predicted octanol–water partition coefficient (Wildman–Crippen LogP) is 14.5. The van der Waals surface area contributed by atoms with Gasteiger partial charge in [0.1, 0.15) is 6.61 Å². The minimum Gasteiger partial charge on any atom is -0.462 e. The van der Waals surface area contributed by atoms with Gasteiger partial charge in [-0.25, -0.2) is 4.57 Å². The van der Waals surface area contributed by atoms with Gasteiger partial charge in [-0.15, -0.1) is 0 Å². The van der Waals surface area contributed by atoms with Crippen LogP contribution in [0, 0.1) is 0 Å². The number of rotatable bonds is 43. The van der Waals surface area contributed by atoms with Crippen LogP contribution in [0.25, 0.3) is 0 Å². The predicted molar refractivity (Wildman–Crippen MR) is 235 cm³/mol. The van der Waals surface area contributed by atoms with Gasteiger partial charge in [0.05, 0.1) is 6.61 Å². The quantitative estimate of drug-likeness (QED) is 0.0270. The molecule has 1 atom stereocenters. The summed E-state index contributed by atoms with van der Waals surface area (Å²) in [5.41, 5.74) is 0. The van der Waals surface area contributed by atoms with E-state index in [1.54, 1.807) is 0 Å². The Labute approximate surface area is 344 Å². The molecule has 8 nitrogen and oxygen atoms in total. The Hall–Kier alpha value is -1.73. The first-order valence-corrected chi connectivity index (χ1v) is 24.8. The van der Waals surface area contributed by atoms with Crippen molar-refractivity contribution in [1.82, 2.24) is 0 Å². The molecule has 0 rings (SSSR count). The number of hydrogen-bond acceptors (Lipinski definition) is 6. The Kier molecular flexibility index (Phi) is 41.5. The van der Waals surface area contributed by atoms with Crippen molar-refractivity contribution in [1.29, 1.82) is 0 Å². The fraction of sp³-hybridized carbons (Fsp3) is 0.830. The van der Waals surface area contributed by atoms with E-state index >= 15 is 0 Å². The molecule has 56 heavy (non-hydrogen) atoms. The second-order valence-corrected chi connectivity index (χ2v) is 17.0. The number of ether oxygens (including phenoxy) is 2. The molecular weight excluding hydrogens is 723 g/mol. The van der Waals surface area contributed by atoms with Gasteiger partial charge >= 0.3 is 19.8 Å². The molecule has 0 saturated carbocycles. The maximum Gasteiger partial charge on any atom is 0.469 e. The molecule has 0 aromatic heterocycles. The zero-order chi connectivity index (χ0) is 41.1. The highest BCUT2D eigenvalue weighted by molar-refractivity contribution is 7.46. The minimum atomic E-state index is -4.76. The molecule has 0 saturated heterocycles. The summed E-state index contributed by atoms with van der Waals surface area (Å²) in [4.78, 5) is 43.0. The van der Waals surface area contributed by atoms with E-state index in [1.807, 2.05) is 0 Å². The zero-order valence-electron chi connectivity index (χ0n) is 36.3. The molecule has 0 aliphatic carbocycles. The number of allylic oxidation sites excluding steroid dienone is 6. The number of carbonyl (C=O) groups excluding carboxylic acids is 2. The molecule has 0 heterocycles. The van der Waals surface area contributed by atoms with Gasteiger partial charge in [0.2, 0.25) is 0 Å². The number of hydrogen-bond donors (Lipinski definition) is 2. The number of phosphoric ester groups is 1. The van der Waals surface area contributed by atoms with Crippen LogP contribution in [-0.2, 0) is 28.2 Å². The van der Waals surface area contributed by atoms with Gasteiger partial charge in [-0.05, 0) is 70.6 Å². The monoisotopic (exact) mass is 811 g/mol. The van der Waals surface area contributed by atoms with E-state index in [0.29, 0.717) is 6.42 Å². The van der Waals surface area contributed by atoms with E-state index in [-0.39, 0.29) is 19.4 Å². The molecule has 0 aromatic carbocycles. The smallest absolute Gasteiger partial charge is 0.462 e. The lowest BCUT2D eigenvalue weighted by molar-refractivity contribution is -0.161. The van der Waals surface area contributed by atoms with Gasteiger partial charge in [0.25, 0.3) is 0 Å². The van der Waals surface area contributed by atoms with Crippen LogP contribution in [0.1, 0.15) is 232 Å². The van der Waals surface area contributed by atoms with E-state index in [2.05, 4.69) is 54.8 Å². The maximum absolute atomic E-state index is 12.4. The third kappa shape index (κ3) is 45.0. The maximum atomic E-state index is 12.4. The first-order valence-electron chi connectivity index (χ1n) is 23.3. The second kappa shape index (κ2) is 42.9. The van der Waals surface area contributed by atoms with Crippen LogP contribution in [-0.4, -0.2) is 41.0 Å². The summed E-state index contributed by atoms with van der Waals surface area (Å²) >= 11 is 0. The summed E-state index contributed by atoms with van der Waals surface area (Å²) in [6, 6.07) is 0. The molecule has 0 spiro atoms. The van der Waals surface area contributed by atoms with Gasteiger partial charge in [-0.3, -0.25) is 14.1 Å². The average molecular weight is 811 g/mol. The number of carbonyl (C=O) groups is 2. The molecule has 0 aliphatic rings. The van der Waals surface area contributed by atoms with Gasteiger partial charge in [-0.2, -0.15) is 0 Å². The molecule has 0 aromatic rings. The van der Waals surface area contributed by atoms with Crippen molar-refractivity contribution in [3.63, 3.8) is 0 Å². The van der Waals surface area contributed by atoms with Gasteiger partial charge in [-0.1, -0.05) is 185 Å². The van der Waals surface area contributed by atoms with Crippen LogP contribution >= 0.6 is 7.82 Å². The molecule has 328 valence electrons. The van der Waals surface area contributed by atoms with E-state index in [9.17, 15) is 14.2 Å². The Morgan fingerprint density at radius 1 is 0.464 bits per heavy atom. The van der Waals surface area contributed by atoms with E-state index in [1.165, 1.54) is 148 Å². The SMILES string of the molecule is CCCCC/C=C\C/C=C\CCCCCCCCCCCC(=O)O[C@H](COC(=O)CCCCCCCCCCC/C=C\CCCCCCCC)COP(=O)(O)O. The first-order chi connectivity index (χ1) is 27.3. The van der Waals surface area contributed by atoms with Crippen LogP contribution in [0.4, 0.5) is 0 Å². The molecule has 9 heteroatoms. The lowest BCUT2D eigenvalue weighted by atomic mass is 10.1. The first kappa shape index (κ1) is 54.3. The summed E-state index contributed by atoms with van der Waals surface area (Å²) in [7, 11) is -4.76. The number of esters is 2. The van der Waals surface area contributed by atoms with Crippen molar-refractivity contribution in [3.8, 4) is 0 Å². The topological polar surface area (TPSA) is 119 Å². The van der Waals surface area contributed by atoms with Crippen molar-refractivity contribution in [2.75, 3.05) is 13.2 Å². The lowest BCUT2D eigenvalue weighted by Gasteiger charge is -2.18. The van der Waals surface area contributed by atoms with Crippen LogP contribution < -0.4 is 0 Å². The molecule has 0 amide bonds. The minimum absolute atomic E-state index is 0.208. The Bertz CT molecular complexity index is 1000. The van der Waals surface area contributed by atoms with Crippen molar-refractivity contribution in [2.45, 2.75) is 238 Å². The molecule has 0 fully saturated rings. The van der Waals surface area contributed by atoms with Crippen molar-refractivity contribution in [2.24, 2.45) is 0 Å². The molecule has 2 N–H and O–H groups in total. The third-order valence-electron chi connectivity index (χ3n) is 10.1. The lowest BCUT2D eigenvalue weighted by Crippen LogP contribution is -2.29. The van der Waals surface area contributed by atoms with Crippen molar-refractivity contribution in [3.05, 3.63) is 36.5 Å². The highest BCUT2D eigenvalue weighted by atomic mass is 31.2. The van der Waals surface area contributed by atoms with Crippen molar-refractivity contribution < 1.29 is 37.9 Å². The third-order valence-corrected chi connectivity index (χ3v) is 10.6. The molecular formula is C47H87O8P. The van der Waals surface area contributed by atoms with Gasteiger partial charge in [0, 0.05) is 12.8 Å². The summed E-state index contributed by atoms with van der Waals surface area (Å²) < 4.78 is 26.5. The standard InChI is InChI=1S/C47H87O8P/c1-3-5-7-9-11-13-15-17-19-21-23-25-27-29-31-33-35-37-39-41-46(48)53-43-45(44-54-56(50,51)52)55-47(49)42-40-38-36-34-32-30-28-26-24-22-20-18-16-14-12-10-8-6-4-2/h12,14,17-20,45H,3-11,13,15-16,21-44H2,1-2H3,(H2,50,51,52)/b14-12-,19-17-,20-18-/t45-/m1/s1. The Morgan fingerprint density at radius 3 is 1.23 bits per heavy atom.